The van der Waals surface area contributed by atoms with E-state index in [0.29, 0.717) is 44.1 Å². The summed E-state index contributed by atoms with van der Waals surface area (Å²) in [5.74, 6) is 0.0709. The molecule has 0 bridgehead atoms. The lowest BCUT2D eigenvalue weighted by Gasteiger charge is -2.33. The molecule has 0 radical (unpaired) electrons. The van der Waals surface area contributed by atoms with Gasteiger partial charge in [-0.15, -0.1) is 0 Å². The number of halogens is 1. The van der Waals surface area contributed by atoms with Crippen molar-refractivity contribution in [3.8, 4) is 11.4 Å². The van der Waals surface area contributed by atoms with Gasteiger partial charge in [-0.3, -0.25) is 14.2 Å². The lowest BCUT2D eigenvalue weighted by atomic mass is 9.95. The van der Waals surface area contributed by atoms with Gasteiger partial charge in [0.25, 0.3) is 0 Å². The number of hydrogen-bond donors (Lipinski definition) is 0. The molecule has 0 aliphatic carbocycles. The highest BCUT2D eigenvalue weighted by molar-refractivity contribution is 5.78. The van der Waals surface area contributed by atoms with Crippen LogP contribution in [0.2, 0.25) is 0 Å². The van der Waals surface area contributed by atoms with Gasteiger partial charge in [-0.2, -0.15) is 10.2 Å². The van der Waals surface area contributed by atoms with Crippen LogP contribution in [0.5, 0.6) is 0 Å². The van der Waals surface area contributed by atoms with Gasteiger partial charge in [0, 0.05) is 45.8 Å². The molecule has 0 saturated carbocycles. The highest BCUT2D eigenvalue weighted by Crippen LogP contribution is 2.27. The number of amides is 1. The molecule has 10 heteroatoms. The molecule has 3 aromatic rings. The third kappa shape index (κ3) is 4.21. The van der Waals surface area contributed by atoms with Gasteiger partial charge in [-0.25, -0.2) is 14.4 Å². The van der Waals surface area contributed by atoms with Crippen molar-refractivity contribution in [3.05, 3.63) is 41.2 Å². The maximum absolute atomic E-state index is 14.5. The Morgan fingerprint density at radius 1 is 1.19 bits per heavy atom. The van der Waals surface area contributed by atoms with Crippen LogP contribution in [-0.2, 0) is 25.4 Å². The van der Waals surface area contributed by atoms with Crippen LogP contribution in [0.1, 0.15) is 29.8 Å². The van der Waals surface area contributed by atoms with Gasteiger partial charge in [0.15, 0.2) is 5.82 Å². The Bertz CT molecular complexity index is 1090. The van der Waals surface area contributed by atoms with Crippen LogP contribution < -0.4 is 4.90 Å². The fourth-order valence-electron chi connectivity index (χ4n) is 4.23. The first kappa shape index (κ1) is 21.9. The molecule has 1 aliphatic heterocycles. The summed E-state index contributed by atoms with van der Waals surface area (Å²) in [6.45, 7) is 5.65. The molecule has 1 saturated heterocycles. The largest absolute Gasteiger partial charge is 0.341 e. The van der Waals surface area contributed by atoms with Crippen molar-refractivity contribution in [1.82, 2.24) is 34.4 Å². The van der Waals surface area contributed by atoms with Crippen molar-refractivity contribution >= 4 is 11.9 Å². The van der Waals surface area contributed by atoms with Crippen molar-refractivity contribution in [2.24, 2.45) is 20.0 Å². The maximum atomic E-state index is 14.5. The summed E-state index contributed by atoms with van der Waals surface area (Å²) in [6.07, 6.45) is 4.30. The van der Waals surface area contributed by atoms with Crippen LogP contribution in [0, 0.1) is 25.6 Å². The quantitative estimate of drug-likeness (QED) is 0.605. The molecule has 0 unspecified atom stereocenters. The van der Waals surface area contributed by atoms with Gasteiger partial charge in [0.1, 0.15) is 5.69 Å². The molecule has 4 heterocycles. The van der Waals surface area contributed by atoms with Crippen molar-refractivity contribution in [2.75, 3.05) is 25.0 Å². The van der Waals surface area contributed by atoms with Gasteiger partial charge in [-0.05, 0) is 38.3 Å². The van der Waals surface area contributed by atoms with E-state index in [2.05, 4.69) is 20.2 Å². The summed E-state index contributed by atoms with van der Waals surface area (Å²) < 4.78 is 17.9. The molecular weight excluding hydrogens is 411 g/mol. The van der Waals surface area contributed by atoms with Crippen molar-refractivity contribution in [1.29, 1.82) is 0 Å². The van der Waals surface area contributed by atoms with E-state index in [9.17, 15) is 9.18 Å². The van der Waals surface area contributed by atoms with Crippen LogP contribution in [0.3, 0.4) is 0 Å². The van der Waals surface area contributed by atoms with Crippen LogP contribution in [0.4, 0.5) is 10.3 Å². The van der Waals surface area contributed by atoms with Gasteiger partial charge >= 0.3 is 0 Å². The Labute approximate surface area is 186 Å². The lowest BCUT2D eigenvalue weighted by molar-refractivity contribution is -0.135. The van der Waals surface area contributed by atoms with E-state index in [-0.39, 0.29) is 17.5 Å². The van der Waals surface area contributed by atoms with Gasteiger partial charge in [0.05, 0.1) is 30.3 Å². The Morgan fingerprint density at radius 3 is 2.50 bits per heavy atom. The van der Waals surface area contributed by atoms with Crippen LogP contribution in [0.15, 0.2) is 18.5 Å². The van der Waals surface area contributed by atoms with Crippen molar-refractivity contribution in [3.63, 3.8) is 0 Å². The average molecular weight is 441 g/mol. The van der Waals surface area contributed by atoms with E-state index in [1.807, 2.05) is 43.6 Å². The summed E-state index contributed by atoms with van der Waals surface area (Å²) in [7, 11) is 5.49. The molecule has 1 amide bonds. The minimum Gasteiger partial charge on any atom is -0.341 e. The van der Waals surface area contributed by atoms with Crippen LogP contribution in [0.25, 0.3) is 11.4 Å². The zero-order chi connectivity index (χ0) is 23.0. The minimum absolute atomic E-state index is 0.0553. The second kappa shape index (κ2) is 8.68. The molecule has 170 valence electrons. The molecular formula is C22H29FN8O. The summed E-state index contributed by atoms with van der Waals surface area (Å²) in [6, 6.07) is 2.00. The first-order valence-corrected chi connectivity index (χ1v) is 10.8. The Hall–Kier alpha value is -3.30. The smallest absolute Gasteiger partial charge is 0.226 e. The van der Waals surface area contributed by atoms with E-state index in [1.54, 1.807) is 22.8 Å². The highest BCUT2D eigenvalue weighted by Gasteiger charge is 2.29. The second-order valence-corrected chi connectivity index (χ2v) is 8.52. The molecule has 0 aromatic carbocycles. The summed E-state index contributed by atoms with van der Waals surface area (Å²) in [5, 5.41) is 8.63. The number of aromatic nitrogens is 6. The molecule has 9 nitrogen and oxygen atoms in total. The Morgan fingerprint density at radius 2 is 1.91 bits per heavy atom. The fraction of sp³-hybridized carbons (Fsp3) is 0.500. The number of hydrogen-bond acceptors (Lipinski definition) is 6. The van der Waals surface area contributed by atoms with Crippen LogP contribution >= 0.6 is 0 Å². The average Bonchev–Trinajstić information content (AvgIpc) is 3.27. The lowest BCUT2D eigenvalue weighted by Crippen LogP contribution is -2.41. The Balaban J connectivity index is 1.41. The van der Waals surface area contributed by atoms with E-state index >= 15 is 0 Å². The minimum atomic E-state index is -0.475. The molecule has 0 N–H and O–H groups in total. The predicted octanol–water partition coefficient (Wildman–Crippen LogP) is 2.24. The molecule has 32 heavy (non-hydrogen) atoms. The first-order chi connectivity index (χ1) is 15.2. The molecule has 0 atom stereocenters. The van der Waals surface area contributed by atoms with Gasteiger partial charge in [-0.1, -0.05) is 0 Å². The zero-order valence-electron chi connectivity index (χ0n) is 19.2. The van der Waals surface area contributed by atoms with Gasteiger partial charge in [0.2, 0.25) is 11.9 Å². The molecule has 1 fully saturated rings. The fourth-order valence-corrected chi connectivity index (χ4v) is 4.23. The second-order valence-electron chi connectivity index (χ2n) is 8.52. The normalized spacial score (nSPS) is 14.8. The number of aryl methyl sites for hydroxylation is 4. The number of rotatable bonds is 5. The third-order valence-corrected chi connectivity index (χ3v) is 6.14. The molecule has 0 spiro atoms. The van der Waals surface area contributed by atoms with E-state index < -0.39 is 5.82 Å². The molecule has 4 rings (SSSR count). The summed E-state index contributed by atoms with van der Waals surface area (Å²) >= 11 is 0. The Kier molecular flexibility index (Phi) is 5.94. The van der Waals surface area contributed by atoms with E-state index in [0.717, 1.165) is 17.0 Å². The number of anilines is 1. The van der Waals surface area contributed by atoms with E-state index in [1.165, 1.54) is 6.20 Å². The first-order valence-electron chi connectivity index (χ1n) is 10.8. The standard InChI is InChI=1S/C22H29FN8O/c1-14-11-25-30(5)20(14)19-18(23)12-24-22(26-19)31-8-6-16(7-9-31)21(32)28(3)13-17-10-15(2)29(4)27-17/h10-12,16H,6-9,13H2,1-5H3. The van der Waals surface area contributed by atoms with Crippen molar-refractivity contribution < 1.29 is 9.18 Å². The predicted molar refractivity (Wildman–Crippen MR) is 118 cm³/mol. The summed E-state index contributed by atoms with van der Waals surface area (Å²) in [4.78, 5) is 25.4. The van der Waals surface area contributed by atoms with Crippen molar-refractivity contribution in [2.45, 2.75) is 33.2 Å². The molecule has 3 aromatic heterocycles. The number of carbonyl (C=O) groups is 1. The number of carbonyl (C=O) groups excluding carboxylic acids is 1. The SMILES string of the molecule is Cc1cnn(C)c1-c1nc(N2CCC(C(=O)N(C)Cc3cc(C)n(C)n3)CC2)ncc1F. The zero-order valence-corrected chi connectivity index (χ0v) is 19.2. The summed E-state index contributed by atoms with van der Waals surface area (Å²) in [5.41, 5.74) is 3.69. The monoisotopic (exact) mass is 440 g/mol. The number of piperidine rings is 1. The number of nitrogens with zero attached hydrogens (tertiary/aromatic N) is 8. The van der Waals surface area contributed by atoms with Gasteiger partial charge < -0.3 is 9.80 Å². The highest BCUT2D eigenvalue weighted by atomic mass is 19.1. The third-order valence-electron chi connectivity index (χ3n) is 6.14. The topological polar surface area (TPSA) is 85.0 Å². The van der Waals surface area contributed by atoms with Crippen LogP contribution in [-0.4, -0.2) is 60.5 Å². The molecule has 1 aliphatic rings. The van der Waals surface area contributed by atoms with E-state index in [4.69, 9.17) is 0 Å². The maximum Gasteiger partial charge on any atom is 0.226 e.